The SMILES string of the molecule is CCCCCOCC[N+](C)(C)Cc1ccccc1. The Hall–Kier alpha value is -0.860. The highest BCUT2D eigenvalue weighted by Crippen LogP contribution is 2.08. The molecule has 0 atom stereocenters. The molecule has 0 aliphatic heterocycles. The molecule has 2 heteroatoms. The molecule has 0 saturated heterocycles. The van der Waals surface area contributed by atoms with Crippen molar-refractivity contribution >= 4 is 0 Å². The van der Waals surface area contributed by atoms with E-state index in [0.717, 1.165) is 30.8 Å². The zero-order chi connectivity index (χ0) is 13.3. The summed E-state index contributed by atoms with van der Waals surface area (Å²) in [5.74, 6) is 0. The molecule has 1 aromatic rings. The Morgan fingerprint density at radius 1 is 1.00 bits per heavy atom. The minimum absolute atomic E-state index is 0.865. The van der Waals surface area contributed by atoms with Gasteiger partial charge < -0.3 is 9.22 Å². The number of nitrogens with zero attached hydrogens (tertiary/aromatic N) is 1. The first kappa shape index (κ1) is 15.2. The molecule has 0 spiro atoms. The molecule has 18 heavy (non-hydrogen) atoms. The smallest absolute Gasteiger partial charge is 0.104 e. The largest absolute Gasteiger partial charge is 0.376 e. The Morgan fingerprint density at radius 3 is 2.39 bits per heavy atom. The van der Waals surface area contributed by atoms with Crippen molar-refractivity contribution in [2.24, 2.45) is 0 Å². The van der Waals surface area contributed by atoms with Crippen LogP contribution in [0.25, 0.3) is 0 Å². The van der Waals surface area contributed by atoms with Gasteiger partial charge >= 0.3 is 0 Å². The van der Waals surface area contributed by atoms with E-state index in [4.69, 9.17) is 4.74 Å². The van der Waals surface area contributed by atoms with Crippen molar-refractivity contribution in [1.82, 2.24) is 0 Å². The van der Waals surface area contributed by atoms with E-state index in [0.29, 0.717) is 0 Å². The lowest BCUT2D eigenvalue weighted by atomic mass is 10.2. The van der Waals surface area contributed by atoms with Gasteiger partial charge in [0.05, 0.1) is 20.7 Å². The third-order valence-electron chi connectivity index (χ3n) is 3.19. The number of rotatable bonds is 9. The minimum atomic E-state index is 0.865. The van der Waals surface area contributed by atoms with E-state index < -0.39 is 0 Å². The summed E-state index contributed by atoms with van der Waals surface area (Å²) in [6.07, 6.45) is 3.74. The molecule has 0 heterocycles. The molecule has 0 amide bonds. The summed E-state index contributed by atoms with van der Waals surface area (Å²) in [4.78, 5) is 0. The highest BCUT2D eigenvalue weighted by Gasteiger charge is 2.15. The van der Waals surface area contributed by atoms with Gasteiger partial charge in [-0.05, 0) is 6.42 Å². The fourth-order valence-electron chi connectivity index (χ4n) is 2.02. The lowest BCUT2D eigenvalue weighted by Crippen LogP contribution is -2.41. The number of benzene rings is 1. The molecule has 0 aliphatic carbocycles. The summed E-state index contributed by atoms with van der Waals surface area (Å²) in [6, 6.07) is 10.7. The van der Waals surface area contributed by atoms with Crippen LogP contribution in [0.2, 0.25) is 0 Å². The Kier molecular flexibility index (Phi) is 6.99. The zero-order valence-electron chi connectivity index (χ0n) is 12.2. The molecular weight excluding hydrogens is 222 g/mol. The average Bonchev–Trinajstić information content (AvgIpc) is 2.34. The van der Waals surface area contributed by atoms with Gasteiger partial charge in [0.25, 0.3) is 0 Å². The first-order valence-corrected chi connectivity index (χ1v) is 7.08. The second-order valence-corrected chi connectivity index (χ2v) is 5.62. The second-order valence-electron chi connectivity index (χ2n) is 5.62. The quantitative estimate of drug-likeness (QED) is 0.482. The maximum Gasteiger partial charge on any atom is 0.104 e. The fraction of sp³-hybridized carbons (Fsp3) is 0.625. The third-order valence-corrected chi connectivity index (χ3v) is 3.19. The van der Waals surface area contributed by atoms with Crippen LogP contribution >= 0.6 is 0 Å². The monoisotopic (exact) mass is 250 g/mol. The number of quaternary nitrogens is 1. The van der Waals surface area contributed by atoms with Crippen LogP contribution in [0, 0.1) is 0 Å². The molecule has 0 aromatic heterocycles. The van der Waals surface area contributed by atoms with Crippen molar-refractivity contribution in [3.8, 4) is 0 Å². The zero-order valence-corrected chi connectivity index (χ0v) is 12.2. The second kappa shape index (κ2) is 8.28. The predicted molar refractivity (Wildman–Crippen MR) is 77.5 cm³/mol. The molecule has 1 aromatic carbocycles. The molecule has 2 nitrogen and oxygen atoms in total. The van der Waals surface area contributed by atoms with E-state index >= 15 is 0 Å². The molecule has 1 rings (SSSR count). The van der Waals surface area contributed by atoms with Gasteiger partial charge in [-0.15, -0.1) is 0 Å². The van der Waals surface area contributed by atoms with Crippen molar-refractivity contribution < 1.29 is 9.22 Å². The van der Waals surface area contributed by atoms with E-state index in [9.17, 15) is 0 Å². The van der Waals surface area contributed by atoms with Crippen LogP contribution < -0.4 is 0 Å². The summed E-state index contributed by atoms with van der Waals surface area (Å²) in [7, 11) is 4.53. The fourth-order valence-corrected chi connectivity index (χ4v) is 2.02. The van der Waals surface area contributed by atoms with Crippen molar-refractivity contribution in [3.63, 3.8) is 0 Å². The molecule has 0 fully saturated rings. The van der Waals surface area contributed by atoms with Gasteiger partial charge in [0, 0.05) is 12.2 Å². The topological polar surface area (TPSA) is 9.23 Å². The summed E-state index contributed by atoms with van der Waals surface area (Å²) in [5, 5.41) is 0. The van der Waals surface area contributed by atoms with E-state index in [1.54, 1.807) is 0 Å². The van der Waals surface area contributed by atoms with Gasteiger partial charge in [0.2, 0.25) is 0 Å². The number of unbranched alkanes of at least 4 members (excludes halogenated alkanes) is 2. The standard InChI is InChI=1S/C16H28NO/c1-4-5-9-13-18-14-12-17(2,3)15-16-10-7-6-8-11-16/h6-8,10-11H,4-5,9,12-15H2,1-3H3/q+1. The van der Waals surface area contributed by atoms with Crippen LogP contribution in [0.1, 0.15) is 31.7 Å². The van der Waals surface area contributed by atoms with Crippen LogP contribution in [0.4, 0.5) is 0 Å². The van der Waals surface area contributed by atoms with E-state index in [-0.39, 0.29) is 0 Å². The van der Waals surface area contributed by atoms with Crippen molar-refractivity contribution in [2.75, 3.05) is 33.9 Å². The number of likely N-dealkylation sites (N-methyl/N-ethyl adjacent to an activating group) is 1. The average molecular weight is 250 g/mol. The van der Waals surface area contributed by atoms with Gasteiger partial charge in [0.1, 0.15) is 13.1 Å². The lowest BCUT2D eigenvalue weighted by Gasteiger charge is -2.29. The van der Waals surface area contributed by atoms with Gasteiger partial charge in [-0.1, -0.05) is 50.1 Å². The Labute approximate surface area is 112 Å². The summed E-state index contributed by atoms with van der Waals surface area (Å²) in [5.41, 5.74) is 1.40. The maximum absolute atomic E-state index is 5.69. The molecule has 0 bridgehead atoms. The minimum Gasteiger partial charge on any atom is -0.376 e. The summed E-state index contributed by atoms with van der Waals surface area (Å²) < 4.78 is 6.68. The van der Waals surface area contributed by atoms with Crippen LogP contribution in [0.15, 0.2) is 30.3 Å². The highest BCUT2D eigenvalue weighted by atomic mass is 16.5. The third kappa shape index (κ3) is 6.77. The van der Waals surface area contributed by atoms with E-state index in [1.807, 2.05) is 0 Å². The van der Waals surface area contributed by atoms with Gasteiger partial charge in [-0.3, -0.25) is 0 Å². The molecule has 0 N–H and O–H groups in total. The summed E-state index contributed by atoms with van der Waals surface area (Å²) >= 11 is 0. The van der Waals surface area contributed by atoms with Crippen LogP contribution in [0.5, 0.6) is 0 Å². The highest BCUT2D eigenvalue weighted by molar-refractivity contribution is 5.13. The van der Waals surface area contributed by atoms with Crippen molar-refractivity contribution in [2.45, 2.75) is 32.7 Å². The molecule has 0 saturated carbocycles. The van der Waals surface area contributed by atoms with Gasteiger partial charge in [-0.25, -0.2) is 0 Å². The number of hydrogen-bond acceptors (Lipinski definition) is 1. The Balaban J connectivity index is 2.19. The molecule has 0 radical (unpaired) electrons. The molecule has 0 aliphatic rings. The van der Waals surface area contributed by atoms with Crippen molar-refractivity contribution in [3.05, 3.63) is 35.9 Å². The van der Waals surface area contributed by atoms with Crippen molar-refractivity contribution in [1.29, 1.82) is 0 Å². The van der Waals surface area contributed by atoms with Gasteiger partial charge in [0.15, 0.2) is 0 Å². The number of ether oxygens (including phenoxy) is 1. The normalized spacial score (nSPS) is 11.7. The maximum atomic E-state index is 5.69. The number of hydrogen-bond donors (Lipinski definition) is 0. The Morgan fingerprint density at radius 2 is 1.72 bits per heavy atom. The van der Waals surface area contributed by atoms with Crippen LogP contribution in [0.3, 0.4) is 0 Å². The van der Waals surface area contributed by atoms with Crippen LogP contribution in [-0.4, -0.2) is 38.3 Å². The molecule has 0 unspecified atom stereocenters. The summed E-state index contributed by atoms with van der Waals surface area (Å²) in [6.45, 7) is 6.14. The molecule has 102 valence electrons. The Bertz CT molecular complexity index is 308. The van der Waals surface area contributed by atoms with Gasteiger partial charge in [-0.2, -0.15) is 0 Å². The van der Waals surface area contributed by atoms with E-state index in [1.165, 1.54) is 24.8 Å². The predicted octanol–water partition coefficient (Wildman–Crippen LogP) is 3.47. The van der Waals surface area contributed by atoms with Crippen LogP contribution in [-0.2, 0) is 11.3 Å². The first-order valence-electron chi connectivity index (χ1n) is 7.08. The first-order chi connectivity index (χ1) is 8.64. The van der Waals surface area contributed by atoms with E-state index in [2.05, 4.69) is 51.4 Å². The molecular formula is C16H28NO+. The lowest BCUT2D eigenvalue weighted by molar-refractivity contribution is -0.904.